The summed E-state index contributed by atoms with van der Waals surface area (Å²) in [6, 6.07) is 0. The summed E-state index contributed by atoms with van der Waals surface area (Å²) in [5.74, 6) is 2.03. The van der Waals surface area contributed by atoms with Crippen molar-refractivity contribution in [2.75, 3.05) is 24.6 Å². The van der Waals surface area contributed by atoms with E-state index in [1.807, 2.05) is 5.92 Å². The maximum absolute atomic E-state index is 11.9. The van der Waals surface area contributed by atoms with Crippen molar-refractivity contribution < 1.29 is 9.00 Å². The highest BCUT2D eigenvalue weighted by Crippen LogP contribution is 2.02. The molecule has 0 aromatic carbocycles. The van der Waals surface area contributed by atoms with Crippen molar-refractivity contribution in [3.63, 3.8) is 0 Å². The number of hydrogen-bond donors (Lipinski definition) is 1. The molecule has 0 spiro atoms. The highest BCUT2D eigenvalue weighted by Gasteiger charge is 2.13. The fraction of sp³-hybridized carbons (Fsp3) is 0.625. The van der Waals surface area contributed by atoms with Gasteiger partial charge in [-0.2, -0.15) is 4.36 Å². The third-order valence-electron chi connectivity index (χ3n) is 1.79. The molecule has 0 aromatic rings. The average molecular weight is 200 g/mol. The minimum Gasteiger partial charge on any atom is -0.316 e. The second kappa shape index (κ2) is 4.40. The first-order valence-corrected chi connectivity index (χ1v) is 5.95. The van der Waals surface area contributed by atoms with Crippen molar-refractivity contribution in [2.45, 2.75) is 6.42 Å². The summed E-state index contributed by atoms with van der Waals surface area (Å²) in [5, 5.41) is 3.09. The number of nitrogens with one attached hydrogen (secondary N) is 1. The summed E-state index contributed by atoms with van der Waals surface area (Å²) in [4.78, 5) is 10.8. The van der Waals surface area contributed by atoms with Crippen LogP contribution in [0.25, 0.3) is 0 Å². The quantitative estimate of drug-likeness (QED) is 0.542. The molecule has 0 aromatic heterocycles. The van der Waals surface area contributed by atoms with Crippen molar-refractivity contribution in [2.24, 2.45) is 4.36 Å². The van der Waals surface area contributed by atoms with Gasteiger partial charge >= 0.3 is 5.91 Å². The van der Waals surface area contributed by atoms with Crippen LogP contribution in [0.2, 0.25) is 0 Å². The van der Waals surface area contributed by atoms with Gasteiger partial charge in [-0.25, -0.2) is 4.21 Å². The lowest BCUT2D eigenvalue weighted by molar-refractivity contribution is -0.112. The van der Waals surface area contributed by atoms with Crippen LogP contribution in [0.4, 0.5) is 0 Å². The second-order valence-electron chi connectivity index (χ2n) is 2.83. The van der Waals surface area contributed by atoms with E-state index in [1.165, 1.54) is 0 Å². The van der Waals surface area contributed by atoms with Gasteiger partial charge in [-0.15, -0.1) is 6.42 Å². The van der Waals surface area contributed by atoms with Crippen molar-refractivity contribution in [1.29, 1.82) is 0 Å². The monoisotopic (exact) mass is 200 g/mol. The third kappa shape index (κ3) is 3.17. The van der Waals surface area contributed by atoms with Crippen LogP contribution in [0, 0.1) is 12.3 Å². The Hall–Kier alpha value is -0.860. The Labute approximate surface area is 78.3 Å². The van der Waals surface area contributed by atoms with Crippen LogP contribution in [0.5, 0.6) is 0 Å². The Morgan fingerprint density at radius 1 is 1.46 bits per heavy atom. The fourth-order valence-electron chi connectivity index (χ4n) is 1.15. The topological polar surface area (TPSA) is 58.5 Å². The summed E-state index contributed by atoms with van der Waals surface area (Å²) in [6.45, 7) is 1.47. The molecule has 1 atom stereocenters. The zero-order valence-corrected chi connectivity index (χ0v) is 8.10. The molecule has 72 valence electrons. The SMILES string of the molecule is C#CC(=O)N=S1(=O)CCCNCC1. The molecule has 1 amide bonds. The largest absolute Gasteiger partial charge is 0.329 e. The number of terminal acetylenes is 1. The first kappa shape index (κ1) is 10.2. The number of hydrogen-bond acceptors (Lipinski definition) is 3. The Morgan fingerprint density at radius 3 is 2.92 bits per heavy atom. The van der Waals surface area contributed by atoms with Gasteiger partial charge in [-0.3, -0.25) is 4.79 Å². The van der Waals surface area contributed by atoms with Crippen LogP contribution in [-0.2, 0) is 14.5 Å². The zero-order valence-electron chi connectivity index (χ0n) is 7.28. The molecule has 1 N–H and O–H groups in total. The molecule has 1 rings (SSSR count). The van der Waals surface area contributed by atoms with Crippen LogP contribution >= 0.6 is 0 Å². The highest BCUT2D eigenvalue weighted by molar-refractivity contribution is 7.93. The molecule has 13 heavy (non-hydrogen) atoms. The van der Waals surface area contributed by atoms with Crippen molar-refractivity contribution in [3.8, 4) is 12.3 Å². The molecule has 5 heteroatoms. The first-order chi connectivity index (χ1) is 6.16. The summed E-state index contributed by atoms with van der Waals surface area (Å²) in [7, 11) is -2.37. The summed E-state index contributed by atoms with van der Waals surface area (Å²) < 4.78 is 15.4. The van der Waals surface area contributed by atoms with E-state index in [1.54, 1.807) is 0 Å². The molecule has 4 nitrogen and oxygen atoms in total. The molecular weight excluding hydrogens is 188 g/mol. The molecule has 0 radical (unpaired) electrons. The maximum Gasteiger partial charge on any atom is 0.329 e. The average Bonchev–Trinajstić information content (AvgIpc) is 2.30. The molecule has 0 bridgehead atoms. The van der Waals surface area contributed by atoms with Crippen LogP contribution < -0.4 is 5.32 Å². The molecule has 0 saturated carbocycles. The van der Waals surface area contributed by atoms with E-state index in [0.29, 0.717) is 18.1 Å². The predicted molar refractivity (Wildman–Crippen MR) is 51.6 cm³/mol. The Balaban J connectivity index is 2.85. The van der Waals surface area contributed by atoms with E-state index >= 15 is 0 Å². The molecular formula is C8H12N2O2S. The van der Waals surface area contributed by atoms with E-state index in [0.717, 1.165) is 13.0 Å². The minimum absolute atomic E-state index is 0.417. The molecule has 1 heterocycles. The molecule has 0 aliphatic carbocycles. The van der Waals surface area contributed by atoms with Crippen molar-refractivity contribution in [3.05, 3.63) is 0 Å². The molecule has 1 unspecified atom stereocenters. The molecule has 1 aliphatic heterocycles. The lowest BCUT2D eigenvalue weighted by Gasteiger charge is -2.02. The van der Waals surface area contributed by atoms with E-state index in [4.69, 9.17) is 6.42 Å². The second-order valence-corrected chi connectivity index (χ2v) is 5.37. The summed E-state index contributed by atoms with van der Waals surface area (Å²) in [5.41, 5.74) is 0. The summed E-state index contributed by atoms with van der Waals surface area (Å²) in [6.07, 6.45) is 5.63. The zero-order chi connectivity index (χ0) is 9.73. The lowest BCUT2D eigenvalue weighted by Crippen LogP contribution is -2.19. The molecule has 1 saturated heterocycles. The normalized spacial score (nSPS) is 28.5. The Morgan fingerprint density at radius 2 is 2.23 bits per heavy atom. The molecule has 1 fully saturated rings. The van der Waals surface area contributed by atoms with Gasteiger partial charge in [0.2, 0.25) is 0 Å². The number of amides is 1. The van der Waals surface area contributed by atoms with E-state index in [2.05, 4.69) is 9.68 Å². The van der Waals surface area contributed by atoms with Crippen LogP contribution in [0.1, 0.15) is 6.42 Å². The van der Waals surface area contributed by atoms with Crippen LogP contribution in [0.15, 0.2) is 4.36 Å². The standard InChI is InChI=1S/C8H12N2O2S/c1-2-8(11)10-13(12)6-3-4-9-5-7-13/h1,9H,3-7H2. The van der Waals surface area contributed by atoms with Gasteiger partial charge in [0.25, 0.3) is 0 Å². The van der Waals surface area contributed by atoms with Crippen LogP contribution in [0.3, 0.4) is 0 Å². The van der Waals surface area contributed by atoms with E-state index in [9.17, 15) is 9.00 Å². The summed E-state index contributed by atoms with van der Waals surface area (Å²) >= 11 is 0. The predicted octanol–water partition coefficient (Wildman–Crippen LogP) is -0.393. The van der Waals surface area contributed by atoms with Crippen molar-refractivity contribution >= 4 is 15.6 Å². The lowest BCUT2D eigenvalue weighted by atomic mass is 10.5. The third-order valence-corrected chi connectivity index (χ3v) is 4.05. The highest BCUT2D eigenvalue weighted by atomic mass is 32.2. The van der Waals surface area contributed by atoms with E-state index < -0.39 is 15.6 Å². The van der Waals surface area contributed by atoms with Gasteiger partial charge in [0.1, 0.15) is 0 Å². The number of carbonyl (C=O) groups is 1. The number of nitrogens with zero attached hydrogens (tertiary/aromatic N) is 1. The number of rotatable bonds is 0. The van der Waals surface area contributed by atoms with Crippen molar-refractivity contribution in [1.82, 2.24) is 5.32 Å². The van der Waals surface area contributed by atoms with Gasteiger partial charge in [0.05, 0.1) is 9.73 Å². The Kier molecular flexibility index (Phi) is 3.46. The minimum atomic E-state index is -2.37. The molecule has 1 aliphatic rings. The Bertz CT molecular complexity index is 334. The maximum atomic E-state index is 11.9. The van der Waals surface area contributed by atoms with Gasteiger partial charge in [0, 0.05) is 18.1 Å². The van der Waals surface area contributed by atoms with Gasteiger partial charge in [-0.1, -0.05) is 0 Å². The fourth-order valence-corrected chi connectivity index (χ4v) is 2.95. The number of carbonyl (C=O) groups excluding carboxylic acids is 1. The van der Waals surface area contributed by atoms with Gasteiger partial charge in [-0.05, 0) is 18.9 Å². The van der Waals surface area contributed by atoms with Gasteiger partial charge < -0.3 is 5.32 Å². The van der Waals surface area contributed by atoms with Gasteiger partial charge in [0.15, 0.2) is 0 Å². The van der Waals surface area contributed by atoms with Crippen LogP contribution in [-0.4, -0.2) is 34.7 Å². The first-order valence-electron chi connectivity index (χ1n) is 4.10. The van der Waals surface area contributed by atoms with E-state index in [-0.39, 0.29) is 0 Å². The smallest absolute Gasteiger partial charge is 0.316 e.